The molecule has 0 saturated carbocycles. The van der Waals surface area contributed by atoms with Crippen LogP contribution in [0.4, 0.5) is 0 Å². The van der Waals surface area contributed by atoms with Crippen LogP contribution in [-0.4, -0.2) is 6.29 Å². The molecule has 1 aromatic rings. The number of hydrogen-bond acceptors (Lipinski definition) is 2. The van der Waals surface area contributed by atoms with E-state index in [-0.39, 0.29) is 0 Å². The Hall–Kier alpha value is -1.88. The Labute approximate surface area is 83.5 Å². The minimum absolute atomic E-state index is 0.393. The Bertz CT molecular complexity index is 399. The molecule has 0 aliphatic carbocycles. The van der Waals surface area contributed by atoms with Crippen molar-refractivity contribution in [2.45, 2.75) is 13.3 Å². The van der Waals surface area contributed by atoms with E-state index in [0.717, 1.165) is 17.4 Å². The van der Waals surface area contributed by atoms with Gasteiger partial charge >= 0.3 is 0 Å². The fourth-order valence-corrected chi connectivity index (χ4v) is 1.26. The summed E-state index contributed by atoms with van der Waals surface area (Å²) in [6.07, 6.45) is 4.85. The average molecular weight is 185 g/mol. The Kier molecular flexibility index (Phi) is 3.63. The second-order valence-electron chi connectivity index (χ2n) is 3.06. The molecule has 0 aromatic heterocycles. The number of hydrogen-bond donors (Lipinski definition) is 0. The number of benzene rings is 1. The second kappa shape index (κ2) is 4.98. The maximum absolute atomic E-state index is 10.6. The molecule has 0 heterocycles. The molecule has 70 valence electrons. The molecule has 1 rings (SSSR count). The van der Waals surface area contributed by atoms with Gasteiger partial charge in [-0.25, -0.2) is 0 Å². The molecule has 0 amide bonds. The van der Waals surface area contributed by atoms with Crippen LogP contribution in [-0.2, 0) is 0 Å². The summed E-state index contributed by atoms with van der Waals surface area (Å²) in [6, 6.07) is 7.63. The third-order valence-corrected chi connectivity index (χ3v) is 1.78. The monoisotopic (exact) mass is 185 g/mol. The Morgan fingerprint density at radius 1 is 1.36 bits per heavy atom. The SMILES string of the molecule is Cc1cc(C=O)cc(C=CCC#N)c1. The van der Waals surface area contributed by atoms with Gasteiger partial charge in [0.15, 0.2) is 0 Å². The highest BCUT2D eigenvalue weighted by Gasteiger charge is 1.94. The quantitative estimate of drug-likeness (QED) is 0.679. The molecular formula is C12H11NO. The molecule has 0 spiro atoms. The van der Waals surface area contributed by atoms with Gasteiger partial charge in [-0.3, -0.25) is 4.79 Å². The van der Waals surface area contributed by atoms with Gasteiger partial charge in [-0.2, -0.15) is 5.26 Å². The molecule has 14 heavy (non-hydrogen) atoms. The first-order valence-electron chi connectivity index (χ1n) is 4.36. The van der Waals surface area contributed by atoms with Crippen LogP contribution in [0.5, 0.6) is 0 Å². The fraction of sp³-hybridized carbons (Fsp3) is 0.167. The van der Waals surface area contributed by atoms with E-state index < -0.39 is 0 Å². The van der Waals surface area contributed by atoms with Crippen molar-refractivity contribution in [3.05, 3.63) is 41.0 Å². The summed E-state index contributed by atoms with van der Waals surface area (Å²) in [4.78, 5) is 10.6. The molecule has 0 saturated heterocycles. The highest BCUT2D eigenvalue weighted by Crippen LogP contribution is 2.10. The van der Waals surface area contributed by atoms with Crippen LogP contribution in [0.3, 0.4) is 0 Å². The van der Waals surface area contributed by atoms with Gasteiger partial charge in [0.1, 0.15) is 6.29 Å². The van der Waals surface area contributed by atoms with Crippen LogP contribution >= 0.6 is 0 Å². The summed E-state index contributed by atoms with van der Waals surface area (Å²) in [5.41, 5.74) is 2.68. The second-order valence-corrected chi connectivity index (χ2v) is 3.06. The van der Waals surface area contributed by atoms with Crippen molar-refractivity contribution in [1.29, 1.82) is 5.26 Å². The third kappa shape index (κ3) is 2.87. The molecule has 0 atom stereocenters. The van der Waals surface area contributed by atoms with E-state index in [4.69, 9.17) is 5.26 Å². The van der Waals surface area contributed by atoms with Crippen molar-refractivity contribution in [2.75, 3.05) is 0 Å². The van der Waals surface area contributed by atoms with Gasteiger partial charge in [0, 0.05) is 5.56 Å². The van der Waals surface area contributed by atoms with Crippen LogP contribution in [0.25, 0.3) is 6.08 Å². The van der Waals surface area contributed by atoms with Gasteiger partial charge in [-0.1, -0.05) is 18.2 Å². The van der Waals surface area contributed by atoms with E-state index in [1.165, 1.54) is 0 Å². The summed E-state index contributed by atoms with van der Waals surface area (Å²) in [5.74, 6) is 0. The van der Waals surface area contributed by atoms with E-state index in [2.05, 4.69) is 0 Å². The molecule has 2 heteroatoms. The normalized spacial score (nSPS) is 10.0. The van der Waals surface area contributed by atoms with Gasteiger partial charge in [0.05, 0.1) is 12.5 Å². The van der Waals surface area contributed by atoms with Crippen molar-refractivity contribution < 1.29 is 4.79 Å². The number of rotatable bonds is 3. The summed E-state index contributed by atoms with van der Waals surface area (Å²) in [6.45, 7) is 1.94. The van der Waals surface area contributed by atoms with Crippen molar-refractivity contribution in [1.82, 2.24) is 0 Å². The molecule has 2 nitrogen and oxygen atoms in total. The number of nitriles is 1. The van der Waals surface area contributed by atoms with Gasteiger partial charge in [-0.05, 0) is 30.2 Å². The van der Waals surface area contributed by atoms with Crippen molar-refractivity contribution >= 4 is 12.4 Å². The molecule has 0 unspecified atom stereocenters. The Morgan fingerprint density at radius 2 is 2.07 bits per heavy atom. The van der Waals surface area contributed by atoms with E-state index in [1.807, 2.05) is 31.2 Å². The minimum atomic E-state index is 0.393. The molecule has 0 bridgehead atoms. The first-order valence-corrected chi connectivity index (χ1v) is 4.36. The highest BCUT2D eigenvalue weighted by molar-refractivity contribution is 5.76. The lowest BCUT2D eigenvalue weighted by Crippen LogP contribution is -1.84. The fourth-order valence-electron chi connectivity index (χ4n) is 1.26. The Morgan fingerprint density at radius 3 is 2.71 bits per heavy atom. The minimum Gasteiger partial charge on any atom is -0.298 e. The zero-order valence-corrected chi connectivity index (χ0v) is 8.03. The van der Waals surface area contributed by atoms with Crippen LogP contribution in [0, 0.1) is 18.3 Å². The maximum Gasteiger partial charge on any atom is 0.150 e. The molecule has 0 N–H and O–H groups in total. The third-order valence-electron chi connectivity index (χ3n) is 1.78. The van der Waals surface area contributed by atoms with Crippen molar-refractivity contribution in [3.8, 4) is 6.07 Å². The number of nitrogens with zero attached hydrogens (tertiary/aromatic N) is 1. The molecule has 0 radical (unpaired) electrons. The molecule has 0 aliphatic rings. The summed E-state index contributed by atoms with van der Waals surface area (Å²) in [5, 5.41) is 8.34. The largest absolute Gasteiger partial charge is 0.298 e. The van der Waals surface area contributed by atoms with E-state index >= 15 is 0 Å². The lowest BCUT2D eigenvalue weighted by Gasteiger charge is -1.98. The lowest BCUT2D eigenvalue weighted by atomic mass is 10.1. The number of aldehydes is 1. The Balaban J connectivity index is 2.93. The van der Waals surface area contributed by atoms with E-state index in [0.29, 0.717) is 12.0 Å². The van der Waals surface area contributed by atoms with Crippen molar-refractivity contribution in [2.24, 2.45) is 0 Å². The summed E-state index contributed by atoms with van der Waals surface area (Å²) in [7, 11) is 0. The highest BCUT2D eigenvalue weighted by atomic mass is 16.1. The smallest absolute Gasteiger partial charge is 0.150 e. The number of allylic oxidation sites excluding steroid dienone is 1. The molecular weight excluding hydrogens is 174 g/mol. The molecule has 0 fully saturated rings. The van der Waals surface area contributed by atoms with Crippen LogP contribution in [0.2, 0.25) is 0 Å². The first kappa shape index (κ1) is 10.2. The zero-order chi connectivity index (χ0) is 10.4. The van der Waals surface area contributed by atoms with Gasteiger partial charge in [-0.15, -0.1) is 0 Å². The van der Waals surface area contributed by atoms with Gasteiger partial charge in [0.25, 0.3) is 0 Å². The lowest BCUT2D eigenvalue weighted by molar-refractivity contribution is 0.112. The molecule has 0 aliphatic heterocycles. The van der Waals surface area contributed by atoms with Crippen molar-refractivity contribution in [3.63, 3.8) is 0 Å². The first-order chi connectivity index (χ1) is 6.76. The zero-order valence-electron chi connectivity index (χ0n) is 8.03. The van der Waals surface area contributed by atoms with Crippen LogP contribution in [0.1, 0.15) is 27.9 Å². The maximum atomic E-state index is 10.6. The summed E-state index contributed by atoms with van der Waals surface area (Å²) < 4.78 is 0. The van der Waals surface area contributed by atoms with Gasteiger partial charge < -0.3 is 0 Å². The van der Waals surface area contributed by atoms with Crippen LogP contribution in [0.15, 0.2) is 24.3 Å². The predicted molar refractivity (Wildman–Crippen MR) is 55.8 cm³/mol. The predicted octanol–water partition coefficient (Wildman–Crippen LogP) is 2.73. The van der Waals surface area contributed by atoms with Crippen LogP contribution < -0.4 is 0 Å². The summed E-state index contributed by atoms with van der Waals surface area (Å²) >= 11 is 0. The number of aryl methyl sites for hydroxylation is 1. The number of carbonyl (C=O) groups excluding carboxylic acids is 1. The van der Waals surface area contributed by atoms with Gasteiger partial charge in [0.2, 0.25) is 0 Å². The van der Waals surface area contributed by atoms with E-state index in [9.17, 15) is 4.79 Å². The van der Waals surface area contributed by atoms with E-state index in [1.54, 1.807) is 12.1 Å². The number of carbonyl (C=O) groups is 1. The standard InChI is InChI=1S/C12H11NO/c1-10-6-11(4-2-3-5-13)8-12(7-10)9-14/h2,4,6-9H,3H2,1H3. The molecule has 1 aromatic carbocycles. The topological polar surface area (TPSA) is 40.9 Å². The average Bonchev–Trinajstić information content (AvgIpc) is 2.17.